The topological polar surface area (TPSA) is 145 Å². The van der Waals surface area contributed by atoms with E-state index in [0.717, 1.165) is 0 Å². The number of carbonyl (C=O) groups is 4. The van der Waals surface area contributed by atoms with E-state index in [4.69, 9.17) is 18.9 Å². The number of hydrogen-bond acceptors (Lipinski definition) is 8. The highest BCUT2D eigenvalue weighted by atomic mass is 79.9. The van der Waals surface area contributed by atoms with Gasteiger partial charge in [-0.3, -0.25) is 0 Å². The fourth-order valence-electron chi connectivity index (χ4n) is 3.00. The van der Waals surface area contributed by atoms with E-state index in [1.54, 1.807) is 25.7 Å². The van der Waals surface area contributed by atoms with E-state index >= 15 is 0 Å². The Morgan fingerprint density at radius 1 is 0.897 bits per heavy atom. The lowest BCUT2D eigenvalue weighted by Crippen LogP contribution is -2.48. The molecule has 0 aliphatic carbocycles. The molecule has 13 heteroatoms. The molecule has 2 atom stereocenters. The van der Waals surface area contributed by atoms with Crippen molar-refractivity contribution in [2.75, 3.05) is 38.2 Å². The van der Waals surface area contributed by atoms with Gasteiger partial charge in [0.1, 0.15) is 24.4 Å². The second kappa shape index (κ2) is 17.3. The summed E-state index contributed by atoms with van der Waals surface area (Å²) in [5.74, 6) is 0.347. The highest BCUT2D eigenvalue weighted by Crippen LogP contribution is 2.12. The lowest BCUT2D eigenvalue weighted by Gasteiger charge is -2.28. The van der Waals surface area contributed by atoms with Crippen LogP contribution in [-0.2, 0) is 18.9 Å². The number of carbonyl (C=O) groups excluding carboxylic acids is 4. The number of halogens is 1. The molecule has 3 N–H and O–H groups in total. The van der Waals surface area contributed by atoms with Gasteiger partial charge in [0.15, 0.2) is 0 Å². The molecule has 0 aromatic heterocycles. The summed E-state index contributed by atoms with van der Waals surface area (Å²) in [6, 6.07) is -0.373. The molecule has 1 rings (SSSR count). The molecule has 0 radical (unpaired) electrons. The first-order valence-corrected chi connectivity index (χ1v) is 14.3. The zero-order valence-corrected chi connectivity index (χ0v) is 26.7. The summed E-state index contributed by atoms with van der Waals surface area (Å²) in [5.41, 5.74) is -1.08. The van der Waals surface area contributed by atoms with E-state index in [1.807, 2.05) is 48.5 Å². The van der Waals surface area contributed by atoms with E-state index in [0.29, 0.717) is 31.6 Å². The number of nitrogens with zero attached hydrogens (tertiary/aromatic N) is 1. The first kappa shape index (κ1) is 36.6. The number of rotatable bonds is 10. The van der Waals surface area contributed by atoms with Gasteiger partial charge in [-0.15, -0.1) is 0 Å². The van der Waals surface area contributed by atoms with E-state index in [1.165, 1.54) is 0 Å². The molecule has 0 bridgehead atoms. The van der Waals surface area contributed by atoms with Crippen LogP contribution in [0.4, 0.5) is 19.2 Å². The van der Waals surface area contributed by atoms with Gasteiger partial charge in [0.05, 0.1) is 18.6 Å². The van der Waals surface area contributed by atoms with E-state index in [-0.39, 0.29) is 36.6 Å². The summed E-state index contributed by atoms with van der Waals surface area (Å²) < 4.78 is 20.2. The van der Waals surface area contributed by atoms with Crippen molar-refractivity contribution in [1.29, 1.82) is 0 Å². The highest BCUT2D eigenvalue weighted by Gasteiger charge is 2.28. The smallest absolute Gasteiger partial charge is 0.410 e. The largest absolute Gasteiger partial charge is 0.449 e. The normalized spacial score (nSPS) is 15.0. The average Bonchev–Trinajstić information content (AvgIpc) is 3.16. The third kappa shape index (κ3) is 18.5. The molecule has 1 saturated heterocycles. The summed E-state index contributed by atoms with van der Waals surface area (Å²) in [6.45, 7) is 20.7. The van der Waals surface area contributed by atoms with Gasteiger partial charge in [-0.05, 0) is 53.4 Å². The minimum Gasteiger partial charge on any atom is -0.449 e. The van der Waals surface area contributed by atoms with Crippen molar-refractivity contribution in [1.82, 2.24) is 20.9 Å². The van der Waals surface area contributed by atoms with Gasteiger partial charge in [-0.1, -0.05) is 43.6 Å². The first-order chi connectivity index (χ1) is 17.8. The summed E-state index contributed by atoms with van der Waals surface area (Å²) >= 11 is 3.16. The molecule has 1 aliphatic rings. The summed E-state index contributed by atoms with van der Waals surface area (Å²) in [4.78, 5) is 47.8. The molecule has 1 fully saturated rings. The van der Waals surface area contributed by atoms with Gasteiger partial charge < -0.3 is 39.8 Å². The van der Waals surface area contributed by atoms with Crippen molar-refractivity contribution in [3.63, 3.8) is 0 Å². The molecule has 0 aromatic rings. The van der Waals surface area contributed by atoms with Gasteiger partial charge in [-0.2, -0.15) is 0 Å². The molecule has 0 unspecified atom stereocenters. The Bertz CT molecular complexity index is 781. The van der Waals surface area contributed by atoms with Crippen molar-refractivity contribution in [3.8, 4) is 0 Å². The molecule has 12 nitrogen and oxygen atoms in total. The number of alkyl halides is 1. The Hall–Kier alpha value is -2.44. The van der Waals surface area contributed by atoms with Gasteiger partial charge in [0.2, 0.25) is 0 Å². The fourth-order valence-corrected chi connectivity index (χ4v) is 3.16. The van der Waals surface area contributed by atoms with Crippen LogP contribution < -0.4 is 16.0 Å². The van der Waals surface area contributed by atoms with Crippen LogP contribution in [0.3, 0.4) is 0 Å². The second-order valence-corrected chi connectivity index (χ2v) is 12.6. The zero-order chi connectivity index (χ0) is 30.4. The number of nitrogens with one attached hydrogen (secondary N) is 3. The summed E-state index contributed by atoms with van der Waals surface area (Å²) in [5, 5.41) is 8.76. The summed E-state index contributed by atoms with van der Waals surface area (Å²) in [6.07, 6.45) is -1.77. The molecule has 4 amide bonds. The Labute approximate surface area is 241 Å². The van der Waals surface area contributed by atoms with Crippen molar-refractivity contribution < 1.29 is 38.1 Å². The highest BCUT2D eigenvalue weighted by molar-refractivity contribution is 9.09. The summed E-state index contributed by atoms with van der Waals surface area (Å²) in [7, 11) is 0. The van der Waals surface area contributed by atoms with E-state index in [2.05, 4.69) is 31.9 Å². The van der Waals surface area contributed by atoms with Crippen LogP contribution in [0.5, 0.6) is 0 Å². The predicted octanol–water partition coefficient (Wildman–Crippen LogP) is 4.64. The van der Waals surface area contributed by atoms with Gasteiger partial charge in [0, 0.05) is 18.4 Å². The SMILES string of the molecule is CC(C)[C@@H](CN1CCOC1=O)NC(=O)OC(C)(C)C.CC(C)[C@@H](CNC(=O)OCCBr)NC(=O)OC(C)(C)C. The van der Waals surface area contributed by atoms with Crippen LogP contribution in [-0.4, -0.2) is 90.7 Å². The fraction of sp³-hybridized carbons (Fsp3) is 0.846. The molecular formula is C26H49BrN4O8. The molecule has 228 valence electrons. The molecule has 0 aromatic carbocycles. The standard InChI is InChI=1S/C13H25BrN2O4.C13H24N2O4/c1-9(2)10(8-15-11(17)19-7-6-14)16-12(18)20-13(3,4)5;1-9(2)10(8-15-6-7-18-12(15)17)14-11(16)19-13(3,4)5/h9-10H,6-8H2,1-5H3,(H,15,17)(H,16,18);9-10H,6-8H2,1-5H3,(H,14,16)/t2*10-/m11/s1. The lowest BCUT2D eigenvalue weighted by atomic mass is 10.0. The maximum absolute atomic E-state index is 11.8. The number of amides is 4. The Morgan fingerprint density at radius 3 is 1.77 bits per heavy atom. The minimum absolute atomic E-state index is 0.152. The quantitative estimate of drug-likeness (QED) is 0.235. The molecular weight excluding hydrogens is 576 g/mol. The lowest BCUT2D eigenvalue weighted by molar-refractivity contribution is 0.0472. The van der Waals surface area contributed by atoms with Crippen LogP contribution in [0.1, 0.15) is 69.2 Å². The minimum atomic E-state index is -0.548. The molecule has 0 saturated carbocycles. The van der Waals surface area contributed by atoms with Crippen LogP contribution in [0, 0.1) is 11.8 Å². The predicted molar refractivity (Wildman–Crippen MR) is 152 cm³/mol. The number of ether oxygens (including phenoxy) is 4. The molecule has 39 heavy (non-hydrogen) atoms. The van der Waals surface area contributed by atoms with Crippen molar-refractivity contribution >= 4 is 40.3 Å². The maximum atomic E-state index is 11.8. The van der Waals surface area contributed by atoms with Crippen LogP contribution in [0.15, 0.2) is 0 Å². The monoisotopic (exact) mass is 624 g/mol. The number of alkyl carbamates (subject to hydrolysis) is 3. The van der Waals surface area contributed by atoms with E-state index in [9.17, 15) is 19.2 Å². The first-order valence-electron chi connectivity index (χ1n) is 13.2. The van der Waals surface area contributed by atoms with Gasteiger partial charge >= 0.3 is 24.4 Å². The van der Waals surface area contributed by atoms with Gasteiger partial charge in [-0.25, -0.2) is 19.2 Å². The van der Waals surface area contributed by atoms with E-state index < -0.39 is 29.5 Å². The third-order valence-electron chi connectivity index (χ3n) is 5.05. The van der Waals surface area contributed by atoms with Crippen LogP contribution in [0.25, 0.3) is 0 Å². The average molecular weight is 626 g/mol. The van der Waals surface area contributed by atoms with Crippen LogP contribution in [0.2, 0.25) is 0 Å². The van der Waals surface area contributed by atoms with Crippen LogP contribution >= 0.6 is 15.9 Å². The molecule has 1 aliphatic heterocycles. The number of cyclic esters (lactones) is 1. The zero-order valence-electron chi connectivity index (χ0n) is 25.1. The van der Waals surface area contributed by atoms with Crippen molar-refractivity contribution in [2.45, 2.75) is 92.5 Å². The van der Waals surface area contributed by atoms with Crippen molar-refractivity contribution in [2.24, 2.45) is 11.8 Å². The maximum Gasteiger partial charge on any atom is 0.410 e. The molecule has 0 spiro atoms. The third-order valence-corrected chi connectivity index (χ3v) is 5.38. The molecule has 1 heterocycles. The Kier molecular flexibility index (Phi) is 16.2. The second-order valence-electron chi connectivity index (χ2n) is 11.8. The van der Waals surface area contributed by atoms with Crippen molar-refractivity contribution in [3.05, 3.63) is 0 Å². The number of hydrogen-bond donors (Lipinski definition) is 3. The Morgan fingerprint density at radius 2 is 1.38 bits per heavy atom. The van der Waals surface area contributed by atoms with Gasteiger partial charge in [0.25, 0.3) is 0 Å². The Balaban J connectivity index is 0.000000741.